The minimum atomic E-state index is 0.554. The first-order valence-corrected chi connectivity index (χ1v) is 7.43. The van der Waals surface area contributed by atoms with Crippen LogP contribution < -0.4 is 5.32 Å². The van der Waals surface area contributed by atoms with E-state index in [1.807, 2.05) is 0 Å². The van der Waals surface area contributed by atoms with Gasteiger partial charge in [0.1, 0.15) is 0 Å². The molecule has 0 heterocycles. The molecule has 0 spiro atoms. The van der Waals surface area contributed by atoms with Gasteiger partial charge in [-0.05, 0) is 29.9 Å². The Morgan fingerprint density at radius 2 is 1.72 bits per heavy atom. The second-order valence-electron chi connectivity index (χ2n) is 5.56. The Labute approximate surface area is 113 Å². The number of hydrogen-bond acceptors (Lipinski definition) is 1. The van der Waals surface area contributed by atoms with Crippen molar-refractivity contribution in [1.29, 1.82) is 0 Å². The first kappa shape index (κ1) is 15.2. The van der Waals surface area contributed by atoms with E-state index in [9.17, 15) is 0 Å². The van der Waals surface area contributed by atoms with Crippen LogP contribution in [-0.2, 0) is 6.42 Å². The van der Waals surface area contributed by atoms with Crippen LogP contribution in [0.4, 0.5) is 0 Å². The molecule has 0 saturated heterocycles. The lowest BCUT2D eigenvalue weighted by Gasteiger charge is -2.28. The molecule has 0 bridgehead atoms. The molecule has 1 aromatic rings. The van der Waals surface area contributed by atoms with Crippen molar-refractivity contribution in [3.63, 3.8) is 0 Å². The molecule has 2 unspecified atom stereocenters. The zero-order chi connectivity index (χ0) is 13.5. The SMILES string of the molecule is CCCC(NC(C)C)C(C)c1ccccc1CC. The van der Waals surface area contributed by atoms with E-state index in [0.717, 1.165) is 6.42 Å². The molecule has 1 heteroatoms. The van der Waals surface area contributed by atoms with E-state index >= 15 is 0 Å². The molecular formula is C17H29N. The summed E-state index contributed by atoms with van der Waals surface area (Å²) in [4.78, 5) is 0. The molecule has 0 aliphatic heterocycles. The quantitative estimate of drug-likeness (QED) is 0.747. The van der Waals surface area contributed by atoms with Gasteiger partial charge >= 0.3 is 0 Å². The van der Waals surface area contributed by atoms with Crippen molar-refractivity contribution in [3.8, 4) is 0 Å². The summed E-state index contributed by atoms with van der Waals surface area (Å²) in [6, 6.07) is 10.0. The number of nitrogens with one attached hydrogen (secondary N) is 1. The fraction of sp³-hybridized carbons (Fsp3) is 0.647. The van der Waals surface area contributed by atoms with Crippen molar-refractivity contribution >= 4 is 0 Å². The van der Waals surface area contributed by atoms with Crippen molar-refractivity contribution in [3.05, 3.63) is 35.4 Å². The van der Waals surface area contributed by atoms with Gasteiger partial charge in [0.25, 0.3) is 0 Å². The lowest BCUT2D eigenvalue weighted by molar-refractivity contribution is 0.388. The van der Waals surface area contributed by atoms with Crippen LogP contribution in [-0.4, -0.2) is 12.1 Å². The Hall–Kier alpha value is -0.820. The van der Waals surface area contributed by atoms with Gasteiger partial charge in [-0.15, -0.1) is 0 Å². The molecule has 0 radical (unpaired) electrons. The van der Waals surface area contributed by atoms with Gasteiger partial charge in [0.2, 0.25) is 0 Å². The van der Waals surface area contributed by atoms with E-state index in [4.69, 9.17) is 0 Å². The Morgan fingerprint density at radius 1 is 1.06 bits per heavy atom. The molecular weight excluding hydrogens is 218 g/mol. The van der Waals surface area contributed by atoms with Gasteiger partial charge in [0.05, 0.1) is 0 Å². The maximum atomic E-state index is 3.73. The van der Waals surface area contributed by atoms with Crippen LogP contribution in [0, 0.1) is 0 Å². The standard InChI is InChI=1S/C17H29N/c1-6-10-17(18-13(3)4)14(5)16-12-9-8-11-15(16)7-2/h8-9,11-14,17-18H,6-7,10H2,1-5H3. The Bertz CT molecular complexity index is 343. The van der Waals surface area contributed by atoms with Gasteiger partial charge in [-0.3, -0.25) is 0 Å². The highest BCUT2D eigenvalue weighted by atomic mass is 14.9. The third-order valence-electron chi connectivity index (χ3n) is 3.68. The molecule has 1 N–H and O–H groups in total. The van der Waals surface area contributed by atoms with Crippen molar-refractivity contribution in [1.82, 2.24) is 5.32 Å². The zero-order valence-corrected chi connectivity index (χ0v) is 12.7. The highest BCUT2D eigenvalue weighted by Crippen LogP contribution is 2.26. The van der Waals surface area contributed by atoms with E-state index in [-0.39, 0.29) is 0 Å². The molecule has 0 aliphatic rings. The van der Waals surface area contributed by atoms with Crippen molar-refractivity contribution in [2.24, 2.45) is 0 Å². The van der Waals surface area contributed by atoms with Crippen LogP contribution in [0.15, 0.2) is 24.3 Å². The van der Waals surface area contributed by atoms with E-state index < -0.39 is 0 Å². The molecule has 0 aromatic heterocycles. The van der Waals surface area contributed by atoms with Crippen LogP contribution in [0.1, 0.15) is 64.5 Å². The molecule has 0 amide bonds. The summed E-state index contributed by atoms with van der Waals surface area (Å²) in [5.74, 6) is 0.587. The first-order valence-electron chi connectivity index (χ1n) is 7.43. The highest BCUT2D eigenvalue weighted by Gasteiger charge is 2.20. The number of benzene rings is 1. The summed E-state index contributed by atoms with van der Waals surface area (Å²) >= 11 is 0. The maximum absolute atomic E-state index is 3.73. The largest absolute Gasteiger partial charge is 0.311 e. The van der Waals surface area contributed by atoms with E-state index in [0.29, 0.717) is 18.0 Å². The van der Waals surface area contributed by atoms with Crippen LogP contribution in [0.2, 0.25) is 0 Å². The molecule has 102 valence electrons. The fourth-order valence-corrected chi connectivity index (χ4v) is 2.73. The lowest BCUT2D eigenvalue weighted by Crippen LogP contribution is -2.38. The average Bonchev–Trinajstić information content (AvgIpc) is 2.37. The Morgan fingerprint density at radius 3 is 2.28 bits per heavy atom. The minimum Gasteiger partial charge on any atom is -0.311 e. The van der Waals surface area contributed by atoms with Crippen LogP contribution in [0.25, 0.3) is 0 Å². The lowest BCUT2D eigenvalue weighted by atomic mass is 9.86. The third kappa shape index (κ3) is 4.13. The predicted octanol–water partition coefficient (Wildman–Crippen LogP) is 4.52. The molecule has 1 rings (SSSR count). The monoisotopic (exact) mass is 247 g/mol. The van der Waals surface area contributed by atoms with Crippen molar-refractivity contribution in [2.45, 2.75) is 71.9 Å². The van der Waals surface area contributed by atoms with Gasteiger partial charge in [-0.1, -0.05) is 65.3 Å². The first-order chi connectivity index (χ1) is 8.60. The molecule has 0 fully saturated rings. The molecule has 0 saturated carbocycles. The summed E-state index contributed by atoms with van der Waals surface area (Å²) in [6.45, 7) is 11.4. The smallest absolute Gasteiger partial charge is 0.0135 e. The Kier molecular flexibility index (Phi) is 6.42. The van der Waals surface area contributed by atoms with E-state index in [2.05, 4.69) is 64.2 Å². The maximum Gasteiger partial charge on any atom is 0.0135 e. The molecule has 1 nitrogen and oxygen atoms in total. The average molecular weight is 247 g/mol. The van der Waals surface area contributed by atoms with Gasteiger partial charge < -0.3 is 5.32 Å². The van der Waals surface area contributed by atoms with Gasteiger partial charge in [0, 0.05) is 12.1 Å². The molecule has 18 heavy (non-hydrogen) atoms. The summed E-state index contributed by atoms with van der Waals surface area (Å²) in [6.07, 6.45) is 3.61. The molecule has 2 atom stereocenters. The minimum absolute atomic E-state index is 0.554. The van der Waals surface area contributed by atoms with Gasteiger partial charge in [-0.2, -0.15) is 0 Å². The van der Waals surface area contributed by atoms with E-state index in [1.54, 1.807) is 0 Å². The molecule has 0 aliphatic carbocycles. The molecule has 1 aromatic carbocycles. The fourth-order valence-electron chi connectivity index (χ4n) is 2.73. The predicted molar refractivity (Wildman–Crippen MR) is 81.2 cm³/mol. The topological polar surface area (TPSA) is 12.0 Å². The number of rotatable bonds is 7. The van der Waals surface area contributed by atoms with Gasteiger partial charge in [0.15, 0.2) is 0 Å². The van der Waals surface area contributed by atoms with Crippen LogP contribution >= 0.6 is 0 Å². The second-order valence-corrected chi connectivity index (χ2v) is 5.56. The van der Waals surface area contributed by atoms with Crippen molar-refractivity contribution in [2.75, 3.05) is 0 Å². The number of hydrogen-bond donors (Lipinski definition) is 1. The van der Waals surface area contributed by atoms with Gasteiger partial charge in [-0.25, -0.2) is 0 Å². The van der Waals surface area contributed by atoms with Crippen molar-refractivity contribution < 1.29 is 0 Å². The van der Waals surface area contributed by atoms with Crippen LogP contribution in [0.3, 0.4) is 0 Å². The summed E-state index contributed by atoms with van der Waals surface area (Å²) in [7, 11) is 0. The summed E-state index contributed by atoms with van der Waals surface area (Å²) in [5, 5.41) is 3.73. The number of aryl methyl sites for hydroxylation is 1. The van der Waals surface area contributed by atoms with Crippen LogP contribution in [0.5, 0.6) is 0 Å². The second kappa shape index (κ2) is 7.58. The zero-order valence-electron chi connectivity index (χ0n) is 12.7. The summed E-state index contributed by atoms with van der Waals surface area (Å²) < 4.78 is 0. The third-order valence-corrected chi connectivity index (χ3v) is 3.68. The normalized spacial score (nSPS) is 14.8. The summed E-state index contributed by atoms with van der Waals surface area (Å²) in [5.41, 5.74) is 3.02. The highest BCUT2D eigenvalue weighted by molar-refractivity contribution is 5.31. The Balaban J connectivity index is 2.89. The van der Waals surface area contributed by atoms with E-state index in [1.165, 1.54) is 24.0 Å².